The molecule has 2 aliphatic carbocycles. The SMILES string of the molecule is COCCN=Cc1ccc(SNC(=O)c2ccc(N3CCN(CC4=C(c5ccc(Cl)cc5)CC5(CCC5)CC4)CC3)cc2Oc2cnc3[nH]ccc3c2)cc1N. The standard InChI is InChI=1S/C44H48ClN7O3S/c1-54-22-17-47-27-32-5-9-37(25-40(32)46)56-50-43(53)38-10-8-35(24-41(38)55-36-23-31-12-16-48-42(31)49-28-36)52-20-18-51(19-21-52)29-33-11-15-44(13-2-14-44)26-39(33)30-3-6-34(45)7-4-30/h3-10,12,16,23-25,27-28H,2,11,13-15,17-22,26,29,46H2,1H3,(H,48,49)(H,50,53). The van der Waals surface area contributed by atoms with Gasteiger partial charge in [0, 0.05) is 90.6 Å². The Morgan fingerprint density at radius 3 is 2.66 bits per heavy atom. The second-order valence-electron chi connectivity index (χ2n) is 15.1. The van der Waals surface area contributed by atoms with Gasteiger partial charge in [0.15, 0.2) is 0 Å². The number of anilines is 2. The molecular formula is C44H48ClN7O3S. The number of benzene rings is 3. The van der Waals surface area contributed by atoms with E-state index < -0.39 is 0 Å². The van der Waals surface area contributed by atoms with Crippen LogP contribution in [0.5, 0.6) is 11.5 Å². The highest BCUT2D eigenvalue weighted by molar-refractivity contribution is 7.98. The Morgan fingerprint density at radius 2 is 1.89 bits per heavy atom. The molecule has 1 saturated heterocycles. The maximum atomic E-state index is 13.8. The van der Waals surface area contributed by atoms with E-state index in [9.17, 15) is 4.79 Å². The number of piperazine rings is 1. The first kappa shape index (κ1) is 38.1. The molecule has 3 aromatic carbocycles. The van der Waals surface area contributed by atoms with Crippen LogP contribution in [0, 0.1) is 5.41 Å². The van der Waals surface area contributed by atoms with Gasteiger partial charge in [-0.25, -0.2) is 4.98 Å². The number of nitrogens with one attached hydrogen (secondary N) is 2. The van der Waals surface area contributed by atoms with Crippen molar-refractivity contribution in [1.29, 1.82) is 0 Å². The Bertz CT molecular complexity index is 2240. The van der Waals surface area contributed by atoms with E-state index in [1.165, 1.54) is 56.0 Å². The Balaban J connectivity index is 0.967. The maximum Gasteiger partial charge on any atom is 0.265 e. The van der Waals surface area contributed by atoms with Crippen molar-refractivity contribution < 1.29 is 14.3 Å². The molecule has 290 valence electrons. The van der Waals surface area contributed by atoms with E-state index >= 15 is 0 Å². The number of methoxy groups -OCH3 is 1. The predicted octanol–water partition coefficient (Wildman–Crippen LogP) is 9.02. The minimum Gasteiger partial charge on any atom is -0.455 e. The van der Waals surface area contributed by atoms with E-state index in [2.05, 4.69) is 41.6 Å². The highest BCUT2D eigenvalue weighted by Crippen LogP contribution is 2.55. The van der Waals surface area contributed by atoms with Gasteiger partial charge in [-0.1, -0.05) is 41.8 Å². The zero-order chi connectivity index (χ0) is 38.5. The Morgan fingerprint density at radius 1 is 1.05 bits per heavy atom. The molecule has 1 saturated carbocycles. The predicted molar refractivity (Wildman–Crippen MR) is 228 cm³/mol. The van der Waals surface area contributed by atoms with Crippen molar-refractivity contribution in [1.82, 2.24) is 19.6 Å². The van der Waals surface area contributed by atoms with Crippen molar-refractivity contribution in [3.63, 3.8) is 0 Å². The van der Waals surface area contributed by atoms with Crippen molar-refractivity contribution in [2.24, 2.45) is 10.4 Å². The lowest BCUT2D eigenvalue weighted by atomic mass is 9.59. The molecule has 0 unspecified atom stereocenters. The van der Waals surface area contributed by atoms with E-state index in [1.807, 2.05) is 66.9 Å². The summed E-state index contributed by atoms with van der Waals surface area (Å²) in [5.74, 6) is 0.741. The smallest absolute Gasteiger partial charge is 0.265 e. The minimum absolute atomic E-state index is 0.276. The van der Waals surface area contributed by atoms with Gasteiger partial charge in [-0.15, -0.1) is 0 Å². The number of hydrogen-bond acceptors (Lipinski definition) is 9. The summed E-state index contributed by atoms with van der Waals surface area (Å²) >= 11 is 7.49. The summed E-state index contributed by atoms with van der Waals surface area (Å²) in [6.07, 6.45) is 13.0. The van der Waals surface area contributed by atoms with Gasteiger partial charge in [-0.05, 0) is 109 Å². The van der Waals surface area contributed by atoms with Gasteiger partial charge in [0.1, 0.15) is 17.1 Å². The number of nitrogens with zero attached hydrogens (tertiary/aromatic N) is 4. The summed E-state index contributed by atoms with van der Waals surface area (Å²) in [4.78, 5) is 31.5. The number of allylic oxidation sites excluding steroid dienone is 1. The monoisotopic (exact) mass is 789 g/mol. The lowest BCUT2D eigenvalue weighted by molar-refractivity contribution is 0.0982. The van der Waals surface area contributed by atoms with E-state index in [0.29, 0.717) is 41.3 Å². The zero-order valence-electron chi connectivity index (χ0n) is 31.7. The van der Waals surface area contributed by atoms with Gasteiger partial charge >= 0.3 is 0 Å². The van der Waals surface area contributed by atoms with Crippen molar-refractivity contribution in [2.45, 2.75) is 43.4 Å². The number of aromatic amines is 1. The van der Waals surface area contributed by atoms with Gasteiger partial charge in [-0.2, -0.15) is 0 Å². The van der Waals surface area contributed by atoms with Gasteiger partial charge in [0.25, 0.3) is 5.91 Å². The first-order valence-electron chi connectivity index (χ1n) is 19.4. The number of ether oxygens (including phenoxy) is 2. The van der Waals surface area contributed by atoms with Crippen molar-refractivity contribution in [3.05, 3.63) is 112 Å². The normalized spacial score (nSPS) is 17.1. The summed E-state index contributed by atoms with van der Waals surface area (Å²) in [7, 11) is 1.65. The van der Waals surface area contributed by atoms with Gasteiger partial charge in [0.05, 0.1) is 24.9 Å². The summed E-state index contributed by atoms with van der Waals surface area (Å²) in [5.41, 5.74) is 14.9. The molecule has 2 aromatic heterocycles. The molecule has 5 aromatic rings. The number of nitrogen functional groups attached to an aromatic ring is 1. The molecule has 12 heteroatoms. The third kappa shape index (κ3) is 8.76. The van der Waals surface area contributed by atoms with E-state index in [-0.39, 0.29) is 5.91 Å². The first-order chi connectivity index (χ1) is 27.3. The van der Waals surface area contributed by atoms with Crippen LogP contribution in [0.2, 0.25) is 5.02 Å². The van der Waals surface area contributed by atoms with E-state index in [0.717, 1.165) is 64.9 Å². The van der Waals surface area contributed by atoms with Gasteiger partial charge < -0.3 is 25.1 Å². The molecule has 3 aliphatic rings. The lowest BCUT2D eigenvalue weighted by Crippen LogP contribution is -2.47. The maximum absolute atomic E-state index is 13.8. The number of hydrogen-bond donors (Lipinski definition) is 3. The number of carbonyl (C=O) groups excluding carboxylic acids is 1. The van der Waals surface area contributed by atoms with E-state index in [4.69, 9.17) is 26.8 Å². The zero-order valence-corrected chi connectivity index (χ0v) is 33.3. The van der Waals surface area contributed by atoms with Crippen LogP contribution < -0.4 is 20.1 Å². The van der Waals surface area contributed by atoms with Crippen LogP contribution in [-0.2, 0) is 4.74 Å². The van der Waals surface area contributed by atoms with Crippen LogP contribution in [0.4, 0.5) is 11.4 Å². The number of aliphatic imine (C=N–C) groups is 1. The Hall–Kier alpha value is -4.81. The van der Waals surface area contributed by atoms with Crippen LogP contribution >= 0.6 is 23.5 Å². The Kier molecular flexibility index (Phi) is 11.7. The fourth-order valence-corrected chi connectivity index (χ4v) is 8.88. The molecule has 1 aliphatic heterocycles. The molecule has 8 rings (SSSR count). The second-order valence-corrected chi connectivity index (χ2v) is 16.4. The third-order valence-electron chi connectivity index (χ3n) is 11.5. The van der Waals surface area contributed by atoms with Crippen molar-refractivity contribution in [2.75, 3.05) is 63.6 Å². The van der Waals surface area contributed by atoms with E-state index in [1.54, 1.807) is 30.7 Å². The fraction of sp³-hybridized carbons (Fsp3) is 0.341. The van der Waals surface area contributed by atoms with Crippen molar-refractivity contribution in [3.8, 4) is 11.5 Å². The number of amides is 1. The quantitative estimate of drug-likeness (QED) is 0.0468. The molecule has 0 radical (unpaired) electrons. The molecular weight excluding hydrogens is 742 g/mol. The molecule has 56 heavy (non-hydrogen) atoms. The van der Waals surface area contributed by atoms with Crippen LogP contribution in [-0.4, -0.2) is 80.0 Å². The topological polar surface area (TPSA) is 121 Å². The van der Waals surface area contributed by atoms with Gasteiger partial charge in [-0.3, -0.25) is 19.4 Å². The molecule has 0 bridgehead atoms. The molecule has 4 N–H and O–H groups in total. The average molecular weight is 790 g/mol. The van der Waals surface area contributed by atoms with Crippen molar-refractivity contribution >= 4 is 63.7 Å². The molecule has 3 heterocycles. The Labute approximate surface area is 337 Å². The molecule has 10 nitrogen and oxygen atoms in total. The minimum atomic E-state index is -0.276. The number of fused-ring (bicyclic) bond motifs is 1. The highest BCUT2D eigenvalue weighted by atomic mass is 35.5. The largest absolute Gasteiger partial charge is 0.455 e. The lowest BCUT2D eigenvalue weighted by Gasteiger charge is -2.47. The highest BCUT2D eigenvalue weighted by Gasteiger charge is 2.41. The van der Waals surface area contributed by atoms with Crippen LogP contribution in [0.1, 0.15) is 60.0 Å². The number of rotatable bonds is 13. The second kappa shape index (κ2) is 17.1. The number of aromatic nitrogens is 2. The number of nitrogens with two attached hydrogens (primary N) is 1. The van der Waals surface area contributed by atoms with Gasteiger partial charge in [0.2, 0.25) is 0 Å². The number of carbonyl (C=O) groups is 1. The third-order valence-corrected chi connectivity index (χ3v) is 12.5. The number of halogens is 1. The number of H-pyrrole nitrogens is 1. The van der Waals surface area contributed by atoms with Crippen LogP contribution in [0.15, 0.2) is 101 Å². The molecule has 0 atom stereocenters. The first-order valence-corrected chi connectivity index (χ1v) is 20.6. The number of pyridine rings is 1. The summed E-state index contributed by atoms with van der Waals surface area (Å²) in [6.45, 7) is 5.75. The summed E-state index contributed by atoms with van der Waals surface area (Å²) in [5, 5.41) is 1.71. The summed E-state index contributed by atoms with van der Waals surface area (Å²) in [6, 6.07) is 23.8. The molecule has 1 spiro atoms. The molecule has 2 fully saturated rings. The fourth-order valence-electron chi connectivity index (χ4n) is 8.11. The average Bonchev–Trinajstić information content (AvgIpc) is 3.68. The summed E-state index contributed by atoms with van der Waals surface area (Å²) < 4.78 is 14.5. The van der Waals surface area contributed by atoms with Crippen LogP contribution in [0.25, 0.3) is 16.6 Å². The molecule has 1 amide bonds. The van der Waals surface area contributed by atoms with Crippen LogP contribution in [0.3, 0.4) is 0 Å².